The molecule has 2 N–H and O–H groups in total. The lowest BCUT2D eigenvalue weighted by atomic mass is 9.92. The van der Waals surface area contributed by atoms with Crippen LogP contribution >= 0.6 is 0 Å². The molecule has 0 aliphatic heterocycles. The Labute approximate surface area is 152 Å². The highest BCUT2D eigenvalue weighted by Gasteiger charge is 2.37. The number of methoxy groups -OCH3 is 1. The maximum atomic E-state index is 12.5. The van der Waals surface area contributed by atoms with Crippen molar-refractivity contribution in [3.8, 4) is 17.1 Å². The van der Waals surface area contributed by atoms with Gasteiger partial charge in [0.15, 0.2) is 5.82 Å². The van der Waals surface area contributed by atoms with E-state index < -0.39 is 21.3 Å². The normalized spacial score (nSPS) is 14.9. The number of ether oxygens (including phenoxy) is 1. The van der Waals surface area contributed by atoms with Gasteiger partial charge in [-0.2, -0.15) is 5.10 Å². The number of benzene rings is 1. The Morgan fingerprint density at radius 2 is 2.12 bits per heavy atom. The molecule has 1 saturated carbocycles. The van der Waals surface area contributed by atoms with Crippen molar-refractivity contribution in [1.29, 1.82) is 0 Å². The number of rotatable bonds is 7. The van der Waals surface area contributed by atoms with E-state index in [0.29, 0.717) is 11.6 Å². The molecular formula is C17H22N4O4S. The molecule has 1 amide bonds. The fourth-order valence-corrected chi connectivity index (χ4v) is 4.02. The minimum absolute atomic E-state index is 0.0136. The molecule has 0 saturated heterocycles. The molecule has 140 valence electrons. The second-order valence-corrected chi connectivity index (χ2v) is 8.79. The summed E-state index contributed by atoms with van der Waals surface area (Å²) in [6.07, 6.45) is 1.79. The number of aromatic nitrogens is 3. The Morgan fingerprint density at radius 3 is 2.77 bits per heavy atom. The van der Waals surface area contributed by atoms with Crippen LogP contribution in [0.3, 0.4) is 0 Å². The third-order valence-electron chi connectivity index (χ3n) is 4.37. The first-order valence-electron chi connectivity index (χ1n) is 8.33. The van der Waals surface area contributed by atoms with Crippen molar-refractivity contribution in [2.45, 2.75) is 32.1 Å². The number of hydrogen-bond donors (Lipinski definition) is 2. The number of nitrogens with one attached hydrogen (secondary N) is 2. The summed E-state index contributed by atoms with van der Waals surface area (Å²) in [6, 6.07) is 7.22. The molecule has 3 rings (SSSR count). The Balaban J connectivity index is 1.78. The van der Waals surface area contributed by atoms with E-state index in [1.165, 1.54) is 0 Å². The van der Waals surface area contributed by atoms with Crippen LogP contribution in [0.1, 0.15) is 32.5 Å². The zero-order valence-corrected chi connectivity index (χ0v) is 15.8. The largest absolute Gasteiger partial charge is 0.497 e. The topological polar surface area (TPSA) is 114 Å². The van der Waals surface area contributed by atoms with Gasteiger partial charge in [0.2, 0.25) is 15.9 Å². The molecule has 0 unspecified atom stereocenters. The first-order chi connectivity index (χ1) is 12.2. The maximum Gasteiger partial charge on any atom is 0.246 e. The molecule has 0 spiro atoms. The van der Waals surface area contributed by atoms with Crippen LogP contribution in [0, 0.1) is 5.92 Å². The highest BCUT2D eigenvalue weighted by atomic mass is 32.2. The van der Waals surface area contributed by atoms with E-state index >= 15 is 0 Å². The van der Waals surface area contributed by atoms with Crippen LogP contribution in [-0.2, 0) is 20.2 Å². The summed E-state index contributed by atoms with van der Waals surface area (Å²) in [5, 5.41) is 6.89. The Hall–Kier alpha value is -2.42. The monoisotopic (exact) mass is 378 g/mol. The lowest BCUT2D eigenvalue weighted by Gasteiger charge is -2.20. The number of nitrogens with zero attached hydrogens (tertiary/aromatic N) is 2. The quantitative estimate of drug-likeness (QED) is 0.757. The molecule has 8 nitrogen and oxygen atoms in total. The van der Waals surface area contributed by atoms with Crippen molar-refractivity contribution in [3.63, 3.8) is 0 Å². The average Bonchev–Trinajstić information content (AvgIpc) is 3.24. The zero-order chi connectivity index (χ0) is 18.9. The van der Waals surface area contributed by atoms with E-state index in [0.717, 1.165) is 18.4 Å². The lowest BCUT2D eigenvalue weighted by molar-refractivity contribution is -0.124. The molecule has 1 heterocycles. The summed E-state index contributed by atoms with van der Waals surface area (Å²) in [7, 11) is -2.07. The third kappa shape index (κ3) is 4.04. The number of amides is 1. The highest BCUT2D eigenvalue weighted by molar-refractivity contribution is 7.90. The van der Waals surface area contributed by atoms with E-state index in [1.54, 1.807) is 33.1 Å². The van der Waals surface area contributed by atoms with E-state index in [2.05, 4.69) is 19.9 Å². The number of H-pyrrole nitrogens is 1. The first-order valence-corrected chi connectivity index (χ1v) is 9.99. The average molecular weight is 378 g/mol. The van der Waals surface area contributed by atoms with E-state index in [9.17, 15) is 13.2 Å². The van der Waals surface area contributed by atoms with E-state index in [4.69, 9.17) is 4.74 Å². The molecule has 1 aliphatic carbocycles. The fraction of sp³-hybridized carbons (Fsp3) is 0.471. The van der Waals surface area contributed by atoms with Crippen LogP contribution in [0.25, 0.3) is 11.4 Å². The number of carbonyl (C=O) groups excluding carboxylic acids is 1. The van der Waals surface area contributed by atoms with Gasteiger partial charge in [-0.15, -0.1) is 0 Å². The number of sulfonamides is 1. The first kappa shape index (κ1) is 18.4. The summed E-state index contributed by atoms with van der Waals surface area (Å²) in [4.78, 5) is 16.9. The minimum Gasteiger partial charge on any atom is -0.497 e. The van der Waals surface area contributed by atoms with Gasteiger partial charge in [0.05, 0.1) is 12.9 Å². The van der Waals surface area contributed by atoms with Crippen LogP contribution in [0.2, 0.25) is 0 Å². The Bertz CT molecular complexity index is 916. The van der Waals surface area contributed by atoms with Crippen molar-refractivity contribution in [2.75, 3.05) is 12.9 Å². The van der Waals surface area contributed by atoms with Crippen LogP contribution < -0.4 is 9.46 Å². The molecule has 1 fully saturated rings. The summed E-state index contributed by atoms with van der Waals surface area (Å²) < 4.78 is 31.5. The molecule has 9 heteroatoms. The smallest absolute Gasteiger partial charge is 0.246 e. The second kappa shape index (κ2) is 6.71. The van der Waals surface area contributed by atoms with Crippen molar-refractivity contribution in [1.82, 2.24) is 19.9 Å². The van der Waals surface area contributed by atoms with Crippen molar-refractivity contribution in [3.05, 3.63) is 30.1 Å². The van der Waals surface area contributed by atoms with Gasteiger partial charge in [0.25, 0.3) is 0 Å². The summed E-state index contributed by atoms with van der Waals surface area (Å²) in [5.41, 5.74) is -0.454. The molecule has 2 aromatic rings. The summed E-state index contributed by atoms with van der Waals surface area (Å²) in [6.45, 7) is 3.20. The molecule has 0 atom stereocenters. The zero-order valence-electron chi connectivity index (χ0n) is 14.9. The van der Waals surface area contributed by atoms with E-state index in [1.807, 2.05) is 12.1 Å². The van der Waals surface area contributed by atoms with Gasteiger partial charge in [-0.3, -0.25) is 14.6 Å². The van der Waals surface area contributed by atoms with Gasteiger partial charge in [-0.25, -0.2) is 13.4 Å². The van der Waals surface area contributed by atoms with Gasteiger partial charge in [0, 0.05) is 5.56 Å². The van der Waals surface area contributed by atoms with Gasteiger partial charge in [-0.05, 0) is 44.7 Å². The molecule has 0 bridgehead atoms. The molecule has 26 heavy (non-hydrogen) atoms. The van der Waals surface area contributed by atoms with Crippen molar-refractivity contribution in [2.24, 2.45) is 5.92 Å². The predicted molar refractivity (Wildman–Crippen MR) is 96.1 cm³/mol. The van der Waals surface area contributed by atoms with Crippen molar-refractivity contribution < 1.29 is 17.9 Å². The highest BCUT2D eigenvalue weighted by Crippen LogP contribution is 2.30. The number of hydrogen-bond acceptors (Lipinski definition) is 6. The van der Waals surface area contributed by atoms with Gasteiger partial charge in [0.1, 0.15) is 17.0 Å². The van der Waals surface area contributed by atoms with Crippen LogP contribution in [-0.4, -0.2) is 42.4 Å². The predicted octanol–water partition coefficient (Wildman–Crippen LogP) is 1.61. The van der Waals surface area contributed by atoms with Gasteiger partial charge < -0.3 is 4.74 Å². The molecular weight excluding hydrogens is 356 g/mol. The molecule has 0 radical (unpaired) electrons. The van der Waals surface area contributed by atoms with Crippen LogP contribution in [0.5, 0.6) is 5.75 Å². The minimum atomic E-state index is -3.64. The molecule has 1 aromatic heterocycles. The maximum absolute atomic E-state index is 12.5. The van der Waals surface area contributed by atoms with Crippen LogP contribution in [0.4, 0.5) is 0 Å². The standard InChI is InChI=1S/C17H22N4O4S/c1-17(2,16(22)21-26(23,24)10-11-7-8-11)15-18-14(19-20-15)12-5-4-6-13(9-12)25-3/h4-6,9,11H,7-8,10H2,1-3H3,(H,21,22)(H,18,19,20). The van der Waals surface area contributed by atoms with Crippen molar-refractivity contribution >= 4 is 15.9 Å². The Kier molecular flexibility index (Phi) is 4.74. The molecule has 1 aliphatic rings. The van der Waals surface area contributed by atoms with Gasteiger partial charge in [-0.1, -0.05) is 12.1 Å². The third-order valence-corrected chi connectivity index (χ3v) is 5.78. The Morgan fingerprint density at radius 1 is 1.38 bits per heavy atom. The van der Waals surface area contributed by atoms with Gasteiger partial charge >= 0.3 is 0 Å². The second-order valence-electron chi connectivity index (χ2n) is 7.02. The summed E-state index contributed by atoms with van der Waals surface area (Å²) >= 11 is 0. The van der Waals surface area contributed by atoms with Crippen LogP contribution in [0.15, 0.2) is 24.3 Å². The SMILES string of the molecule is COc1cccc(-c2n[nH]c(C(C)(C)C(=O)NS(=O)(=O)CC3CC3)n2)c1. The number of aromatic amines is 1. The lowest BCUT2D eigenvalue weighted by Crippen LogP contribution is -2.44. The number of carbonyl (C=O) groups is 1. The van der Waals surface area contributed by atoms with E-state index in [-0.39, 0.29) is 17.5 Å². The summed E-state index contributed by atoms with van der Waals surface area (Å²) in [5.74, 6) is 0.868. The fourth-order valence-electron chi connectivity index (χ4n) is 2.45. The molecule has 1 aromatic carbocycles.